The highest BCUT2D eigenvalue weighted by molar-refractivity contribution is 5.90. The van der Waals surface area contributed by atoms with Crippen molar-refractivity contribution in [3.8, 4) is 0 Å². The summed E-state index contributed by atoms with van der Waals surface area (Å²) in [5, 5.41) is 15.0. The van der Waals surface area contributed by atoms with Crippen LogP contribution in [-0.2, 0) is 14.3 Å². The number of rotatable bonds is 4. The van der Waals surface area contributed by atoms with Gasteiger partial charge in [0.2, 0.25) is 5.91 Å². The zero-order valence-electron chi connectivity index (χ0n) is 10.0. The number of hydrogen-bond donors (Lipinski definition) is 3. The number of ether oxygens (including phenoxy) is 1. The fourth-order valence-corrected chi connectivity index (χ4v) is 0.204. The van der Waals surface area contributed by atoms with Gasteiger partial charge >= 0.3 is 5.97 Å². The maximum atomic E-state index is 9.82. The van der Waals surface area contributed by atoms with Crippen LogP contribution in [0, 0.1) is 0 Å². The van der Waals surface area contributed by atoms with Crippen molar-refractivity contribution in [1.29, 1.82) is 0 Å². The molecule has 1 amide bonds. The van der Waals surface area contributed by atoms with Crippen LogP contribution in [0.3, 0.4) is 0 Å². The van der Waals surface area contributed by atoms with Gasteiger partial charge in [-0.2, -0.15) is 0 Å². The van der Waals surface area contributed by atoms with Crippen LogP contribution in [0.4, 0.5) is 0 Å². The van der Waals surface area contributed by atoms with E-state index < -0.39 is 18.5 Å². The monoisotopic (exact) mass is 235 g/mol. The number of aliphatic hydroxyl groups excluding tert-OH is 1. The number of nitrogens with two attached hydrogens (primary N) is 1. The Balaban J connectivity index is -0.000000160. The zero-order chi connectivity index (χ0) is 13.6. The van der Waals surface area contributed by atoms with Crippen LogP contribution in [0.15, 0.2) is 12.2 Å². The molecule has 4 N–H and O–H groups in total. The van der Waals surface area contributed by atoms with Crippen LogP contribution < -0.4 is 5.73 Å². The molecule has 0 aromatic rings. The summed E-state index contributed by atoms with van der Waals surface area (Å²) in [6.07, 6.45) is 0. The molecule has 0 radical (unpaired) electrons. The summed E-state index contributed by atoms with van der Waals surface area (Å²) < 4.78 is 4.83. The molecule has 0 rings (SSSR count). The Morgan fingerprint density at radius 2 is 1.56 bits per heavy atom. The van der Waals surface area contributed by atoms with E-state index in [1.807, 2.05) is 13.8 Å². The van der Waals surface area contributed by atoms with Gasteiger partial charge in [-0.05, 0) is 20.8 Å². The number of hydrogen-bond acceptors (Lipinski definition) is 4. The molecular formula is C10H21NO5. The Morgan fingerprint density at radius 1 is 1.31 bits per heavy atom. The summed E-state index contributed by atoms with van der Waals surface area (Å²) >= 11 is 0. The standard InChI is InChI=1S/C4H7NO.C4H10O.C2H4O3/c1-3(2)4(5)6;1-3-5-4-2;3-1-2(4)5/h1H2,2H3,(H2,5,6);3-4H2,1-2H3;3H,1H2,(H,4,5). The summed E-state index contributed by atoms with van der Waals surface area (Å²) in [7, 11) is 0. The summed E-state index contributed by atoms with van der Waals surface area (Å²) in [4.78, 5) is 18.9. The van der Waals surface area contributed by atoms with Gasteiger partial charge < -0.3 is 20.7 Å². The fraction of sp³-hybridized carbons (Fsp3) is 0.600. The van der Waals surface area contributed by atoms with Crippen LogP contribution in [0.5, 0.6) is 0 Å². The van der Waals surface area contributed by atoms with E-state index in [1.165, 1.54) is 0 Å². The predicted molar refractivity (Wildman–Crippen MR) is 60.9 cm³/mol. The summed E-state index contributed by atoms with van der Waals surface area (Å²) in [6, 6.07) is 0. The van der Waals surface area contributed by atoms with Gasteiger partial charge in [0.1, 0.15) is 6.61 Å². The van der Waals surface area contributed by atoms with E-state index in [4.69, 9.17) is 25.5 Å². The van der Waals surface area contributed by atoms with Crippen molar-refractivity contribution in [1.82, 2.24) is 0 Å². The quantitative estimate of drug-likeness (QED) is 0.601. The summed E-state index contributed by atoms with van der Waals surface area (Å²) in [6.45, 7) is 9.74. The van der Waals surface area contributed by atoms with Crippen LogP contribution in [-0.4, -0.2) is 41.9 Å². The molecule has 0 bridgehead atoms. The van der Waals surface area contributed by atoms with Gasteiger partial charge in [0.05, 0.1) is 0 Å². The third-order valence-corrected chi connectivity index (χ3v) is 0.964. The van der Waals surface area contributed by atoms with Gasteiger partial charge in [0, 0.05) is 18.8 Å². The van der Waals surface area contributed by atoms with Gasteiger partial charge in [0.15, 0.2) is 0 Å². The number of carboxylic acids is 1. The number of primary amides is 1. The highest BCUT2D eigenvalue weighted by atomic mass is 16.5. The molecule has 0 saturated heterocycles. The Kier molecular flexibility index (Phi) is 20.1. The molecule has 6 nitrogen and oxygen atoms in total. The molecule has 0 aromatic carbocycles. The third kappa shape index (κ3) is 38.9. The van der Waals surface area contributed by atoms with Crippen molar-refractivity contribution in [2.45, 2.75) is 20.8 Å². The highest BCUT2D eigenvalue weighted by Crippen LogP contribution is 1.78. The molecule has 0 aliphatic carbocycles. The molecular weight excluding hydrogens is 214 g/mol. The molecule has 0 heterocycles. The summed E-state index contributed by atoms with van der Waals surface area (Å²) in [5.74, 6) is -1.62. The number of amides is 1. The van der Waals surface area contributed by atoms with Crippen molar-refractivity contribution >= 4 is 11.9 Å². The van der Waals surface area contributed by atoms with Gasteiger partial charge in [-0.15, -0.1) is 0 Å². The lowest BCUT2D eigenvalue weighted by molar-refractivity contribution is -0.140. The molecule has 0 fully saturated rings. The van der Waals surface area contributed by atoms with Crippen LogP contribution in [0.1, 0.15) is 20.8 Å². The first-order chi connectivity index (χ1) is 7.33. The van der Waals surface area contributed by atoms with Crippen molar-refractivity contribution in [3.05, 3.63) is 12.2 Å². The van der Waals surface area contributed by atoms with E-state index in [9.17, 15) is 4.79 Å². The van der Waals surface area contributed by atoms with Crippen molar-refractivity contribution in [2.24, 2.45) is 5.73 Å². The van der Waals surface area contributed by atoms with Crippen LogP contribution in [0.25, 0.3) is 0 Å². The van der Waals surface area contributed by atoms with Crippen molar-refractivity contribution < 1.29 is 24.5 Å². The van der Waals surface area contributed by atoms with E-state index in [2.05, 4.69) is 6.58 Å². The number of carbonyl (C=O) groups excluding carboxylic acids is 1. The second kappa shape index (κ2) is 16.0. The van der Waals surface area contributed by atoms with Crippen LogP contribution >= 0.6 is 0 Å². The minimum absolute atomic E-state index is 0.398. The Hall–Kier alpha value is -1.40. The van der Waals surface area contributed by atoms with Gasteiger partial charge in [-0.1, -0.05) is 6.58 Å². The van der Waals surface area contributed by atoms with E-state index in [-0.39, 0.29) is 0 Å². The average Bonchev–Trinajstić information content (AvgIpc) is 2.20. The van der Waals surface area contributed by atoms with Crippen molar-refractivity contribution in [3.63, 3.8) is 0 Å². The lowest BCUT2D eigenvalue weighted by atomic mass is 10.3. The first-order valence-electron chi connectivity index (χ1n) is 4.69. The molecule has 0 aliphatic heterocycles. The molecule has 6 heteroatoms. The largest absolute Gasteiger partial charge is 0.480 e. The lowest BCUT2D eigenvalue weighted by Gasteiger charge is -1.86. The topological polar surface area (TPSA) is 110 Å². The molecule has 16 heavy (non-hydrogen) atoms. The molecule has 0 saturated carbocycles. The Morgan fingerprint density at radius 3 is 1.56 bits per heavy atom. The third-order valence-electron chi connectivity index (χ3n) is 0.964. The van der Waals surface area contributed by atoms with E-state index >= 15 is 0 Å². The molecule has 96 valence electrons. The van der Waals surface area contributed by atoms with Crippen molar-refractivity contribution in [2.75, 3.05) is 19.8 Å². The van der Waals surface area contributed by atoms with E-state index in [1.54, 1.807) is 6.92 Å². The molecule has 0 atom stereocenters. The Bertz CT molecular complexity index is 189. The fourth-order valence-electron chi connectivity index (χ4n) is 0.204. The minimum atomic E-state index is -1.19. The molecule has 0 aliphatic rings. The maximum Gasteiger partial charge on any atom is 0.329 e. The highest BCUT2D eigenvalue weighted by Gasteiger charge is 1.86. The van der Waals surface area contributed by atoms with Crippen LogP contribution in [0.2, 0.25) is 0 Å². The molecule has 0 unspecified atom stereocenters. The van der Waals surface area contributed by atoms with E-state index in [0.717, 1.165) is 13.2 Å². The van der Waals surface area contributed by atoms with E-state index in [0.29, 0.717) is 5.57 Å². The lowest BCUT2D eigenvalue weighted by Crippen LogP contribution is -2.10. The Labute approximate surface area is 95.7 Å². The second-order valence-electron chi connectivity index (χ2n) is 2.48. The normalized spacial score (nSPS) is 7.75. The predicted octanol–water partition coefficient (Wildman–Crippen LogP) is 0.154. The van der Waals surface area contributed by atoms with Gasteiger partial charge in [-0.25, -0.2) is 4.79 Å². The molecule has 0 aromatic heterocycles. The number of carboxylic acid groups (broad SMARTS) is 1. The van der Waals surface area contributed by atoms with Gasteiger partial charge in [-0.3, -0.25) is 4.79 Å². The maximum absolute atomic E-state index is 9.82. The molecule has 0 spiro atoms. The number of carbonyl (C=O) groups is 2. The number of aliphatic carboxylic acids is 1. The zero-order valence-corrected chi connectivity index (χ0v) is 10.0. The van der Waals surface area contributed by atoms with Gasteiger partial charge in [0.25, 0.3) is 0 Å². The SMILES string of the molecule is C=C(C)C(N)=O.CCOCC.O=C(O)CO. The number of aliphatic hydroxyl groups is 1. The first-order valence-corrected chi connectivity index (χ1v) is 4.69. The minimum Gasteiger partial charge on any atom is -0.480 e. The second-order valence-corrected chi connectivity index (χ2v) is 2.48. The summed E-state index contributed by atoms with van der Waals surface area (Å²) in [5.41, 5.74) is 5.09. The smallest absolute Gasteiger partial charge is 0.329 e. The first kappa shape index (κ1) is 20.1. The average molecular weight is 235 g/mol.